The summed E-state index contributed by atoms with van der Waals surface area (Å²) in [4.78, 5) is 22.6. The predicted molar refractivity (Wildman–Crippen MR) is 96.5 cm³/mol. The van der Waals surface area contributed by atoms with Gasteiger partial charge in [0.05, 0.1) is 18.8 Å². The lowest BCUT2D eigenvalue weighted by molar-refractivity contribution is -0.139. The Hall–Kier alpha value is -1.92. The fraction of sp³-hybridized carbons (Fsp3) is 0.600. The Morgan fingerprint density at radius 1 is 1.23 bits per heavy atom. The van der Waals surface area contributed by atoms with Gasteiger partial charge >= 0.3 is 5.97 Å². The second-order valence-electron chi connectivity index (χ2n) is 7.32. The zero-order valence-electron chi connectivity index (χ0n) is 15.1. The molecule has 26 heavy (non-hydrogen) atoms. The Labute approximate surface area is 153 Å². The van der Waals surface area contributed by atoms with E-state index in [2.05, 4.69) is 5.32 Å². The summed E-state index contributed by atoms with van der Waals surface area (Å²) < 4.78 is 11.4. The first-order valence-electron chi connectivity index (χ1n) is 9.37. The van der Waals surface area contributed by atoms with E-state index < -0.39 is 5.97 Å². The molecule has 6 heteroatoms. The molecule has 142 valence electrons. The van der Waals surface area contributed by atoms with Crippen LogP contribution in [0.5, 0.6) is 5.75 Å². The van der Waals surface area contributed by atoms with Gasteiger partial charge < -0.3 is 19.9 Å². The summed E-state index contributed by atoms with van der Waals surface area (Å²) in [5, 5.41) is 12.1. The minimum atomic E-state index is -0.971. The van der Waals surface area contributed by atoms with Gasteiger partial charge in [0.1, 0.15) is 5.75 Å². The smallest absolute Gasteiger partial charge is 0.341 e. The monoisotopic (exact) mass is 361 g/mol. The number of carboxylic acids is 1. The first-order chi connectivity index (χ1) is 12.5. The third kappa shape index (κ3) is 4.83. The normalized spacial score (nSPS) is 28.9. The number of Topliss-reactive ketones (excluding diaryl/α,β-unsaturated/α-hetero) is 1. The van der Waals surface area contributed by atoms with E-state index in [9.17, 15) is 9.59 Å². The Morgan fingerprint density at radius 3 is 2.62 bits per heavy atom. The molecule has 1 aliphatic heterocycles. The molecule has 1 saturated carbocycles. The summed E-state index contributed by atoms with van der Waals surface area (Å²) >= 11 is 0. The fourth-order valence-corrected chi connectivity index (χ4v) is 3.94. The average Bonchev–Trinajstić information content (AvgIpc) is 2.96. The average molecular weight is 361 g/mol. The third-order valence-electron chi connectivity index (χ3n) is 5.26. The Kier molecular flexibility index (Phi) is 6.27. The predicted octanol–water partition coefficient (Wildman–Crippen LogP) is 2.51. The van der Waals surface area contributed by atoms with E-state index in [1.807, 2.05) is 31.2 Å². The van der Waals surface area contributed by atoms with Crippen molar-refractivity contribution >= 4 is 11.8 Å². The lowest BCUT2D eigenvalue weighted by atomic mass is 9.82. The number of hydrogen-bond donors (Lipinski definition) is 2. The van der Waals surface area contributed by atoms with E-state index in [4.69, 9.17) is 14.6 Å². The lowest BCUT2D eigenvalue weighted by Gasteiger charge is -2.30. The van der Waals surface area contributed by atoms with Crippen LogP contribution < -0.4 is 10.1 Å². The summed E-state index contributed by atoms with van der Waals surface area (Å²) in [6, 6.07) is 7.76. The number of ether oxygens (including phenoxy) is 2. The minimum Gasteiger partial charge on any atom is -0.482 e. The van der Waals surface area contributed by atoms with E-state index in [1.165, 1.54) is 0 Å². The summed E-state index contributed by atoms with van der Waals surface area (Å²) in [5.41, 5.74) is 1.08. The van der Waals surface area contributed by atoms with Crippen molar-refractivity contribution in [2.45, 2.75) is 63.1 Å². The maximum atomic E-state index is 11.8. The highest BCUT2D eigenvalue weighted by atomic mass is 16.5. The number of carbonyl (C=O) groups excluding carboxylic acids is 1. The highest BCUT2D eigenvalue weighted by molar-refractivity contribution is 5.86. The molecule has 1 aliphatic carbocycles. The van der Waals surface area contributed by atoms with Gasteiger partial charge in [0, 0.05) is 12.5 Å². The van der Waals surface area contributed by atoms with Crippen LogP contribution in [0.2, 0.25) is 0 Å². The molecule has 0 aromatic heterocycles. The lowest BCUT2D eigenvalue weighted by Crippen LogP contribution is -2.36. The molecule has 1 aromatic carbocycles. The van der Waals surface area contributed by atoms with Gasteiger partial charge in [0.2, 0.25) is 0 Å². The van der Waals surface area contributed by atoms with Crippen molar-refractivity contribution in [3.05, 3.63) is 29.8 Å². The molecule has 2 fully saturated rings. The second-order valence-corrected chi connectivity index (χ2v) is 7.32. The Bertz CT molecular complexity index is 639. The number of aliphatic carboxylic acids is 1. The van der Waals surface area contributed by atoms with Crippen LogP contribution in [0.1, 0.15) is 50.5 Å². The maximum Gasteiger partial charge on any atom is 0.341 e. The van der Waals surface area contributed by atoms with Crippen LogP contribution in [0.4, 0.5) is 0 Å². The van der Waals surface area contributed by atoms with Gasteiger partial charge in [0.25, 0.3) is 0 Å². The van der Waals surface area contributed by atoms with Crippen molar-refractivity contribution in [1.29, 1.82) is 0 Å². The second kappa shape index (κ2) is 8.64. The molecule has 1 saturated heterocycles. The number of para-hydroxylation sites is 1. The number of nitrogens with one attached hydrogen (secondary N) is 1. The minimum absolute atomic E-state index is 0.159. The molecule has 0 radical (unpaired) electrons. The summed E-state index contributed by atoms with van der Waals surface area (Å²) in [7, 11) is 0. The molecule has 2 N–H and O–H groups in total. The van der Waals surface area contributed by atoms with Gasteiger partial charge in [-0.05, 0) is 50.2 Å². The topological polar surface area (TPSA) is 84.9 Å². The molecule has 1 unspecified atom stereocenters. The number of ketones is 1. The van der Waals surface area contributed by atoms with Crippen LogP contribution in [0.25, 0.3) is 0 Å². The Balaban J connectivity index is 1.49. The van der Waals surface area contributed by atoms with Gasteiger partial charge in [-0.3, -0.25) is 4.79 Å². The summed E-state index contributed by atoms with van der Waals surface area (Å²) in [6.07, 6.45) is 4.60. The molecule has 3 rings (SSSR count). The highest BCUT2D eigenvalue weighted by Gasteiger charge is 2.31. The highest BCUT2D eigenvalue weighted by Crippen LogP contribution is 2.38. The molecule has 1 heterocycles. The van der Waals surface area contributed by atoms with Crippen molar-refractivity contribution in [2.75, 3.05) is 13.2 Å². The number of benzene rings is 1. The van der Waals surface area contributed by atoms with Crippen molar-refractivity contribution in [3.8, 4) is 5.75 Å². The zero-order valence-corrected chi connectivity index (χ0v) is 15.1. The van der Waals surface area contributed by atoms with E-state index in [0.29, 0.717) is 24.7 Å². The standard InChI is InChI=1S/C20H27NO5/c1-13-10-18(22)17(21-13)11-25-15-8-6-14(7-9-15)16-4-2-3-5-19(16)26-12-20(23)24/h2-5,13-15,17,21H,6-12H2,1H3,(H,23,24)/t13?,14-,15+,17-/m0/s1. The molecule has 0 bridgehead atoms. The van der Waals surface area contributed by atoms with E-state index in [0.717, 1.165) is 31.2 Å². The SMILES string of the molecule is CC1CC(=O)[C@H](CO[C@H]2CC[C@@H](c3ccccc3OCC(=O)O)CC2)N1. The van der Waals surface area contributed by atoms with Crippen LogP contribution in [-0.2, 0) is 14.3 Å². The number of rotatable bonds is 7. The first kappa shape index (κ1) is 18.9. The van der Waals surface area contributed by atoms with Gasteiger partial charge in [0.15, 0.2) is 12.4 Å². The summed E-state index contributed by atoms with van der Waals surface area (Å²) in [6.45, 7) is 2.15. The molecule has 2 aliphatic rings. The van der Waals surface area contributed by atoms with E-state index in [1.54, 1.807) is 0 Å². The van der Waals surface area contributed by atoms with E-state index in [-0.39, 0.29) is 30.6 Å². The van der Waals surface area contributed by atoms with Crippen molar-refractivity contribution in [1.82, 2.24) is 5.32 Å². The van der Waals surface area contributed by atoms with Crippen LogP contribution in [-0.4, -0.2) is 48.3 Å². The molecule has 0 amide bonds. The Morgan fingerprint density at radius 2 is 1.96 bits per heavy atom. The largest absolute Gasteiger partial charge is 0.482 e. The van der Waals surface area contributed by atoms with Crippen molar-refractivity contribution in [2.24, 2.45) is 0 Å². The maximum absolute atomic E-state index is 11.8. The van der Waals surface area contributed by atoms with Crippen molar-refractivity contribution in [3.63, 3.8) is 0 Å². The molecule has 1 aromatic rings. The number of hydrogen-bond acceptors (Lipinski definition) is 5. The quantitative estimate of drug-likeness (QED) is 0.776. The molecule has 2 atom stereocenters. The van der Waals surface area contributed by atoms with Crippen molar-refractivity contribution < 1.29 is 24.2 Å². The fourth-order valence-electron chi connectivity index (χ4n) is 3.94. The molecule has 6 nitrogen and oxygen atoms in total. The van der Waals surface area contributed by atoms with Crippen LogP contribution >= 0.6 is 0 Å². The first-order valence-corrected chi connectivity index (χ1v) is 9.37. The summed E-state index contributed by atoms with van der Waals surface area (Å²) in [5.74, 6) is 0.289. The van der Waals surface area contributed by atoms with Crippen LogP contribution in [0, 0.1) is 0 Å². The van der Waals surface area contributed by atoms with Gasteiger partial charge in [-0.1, -0.05) is 18.2 Å². The van der Waals surface area contributed by atoms with Gasteiger partial charge in [-0.15, -0.1) is 0 Å². The number of carbonyl (C=O) groups is 2. The van der Waals surface area contributed by atoms with Gasteiger partial charge in [-0.25, -0.2) is 4.79 Å². The molecular weight excluding hydrogens is 334 g/mol. The number of carboxylic acid groups (broad SMARTS) is 1. The van der Waals surface area contributed by atoms with E-state index >= 15 is 0 Å². The third-order valence-corrected chi connectivity index (χ3v) is 5.26. The zero-order chi connectivity index (χ0) is 18.5. The molecular formula is C20H27NO5. The van der Waals surface area contributed by atoms with Gasteiger partial charge in [-0.2, -0.15) is 0 Å². The molecule has 0 spiro atoms. The van der Waals surface area contributed by atoms with Crippen LogP contribution in [0.15, 0.2) is 24.3 Å². The van der Waals surface area contributed by atoms with Crippen LogP contribution in [0.3, 0.4) is 0 Å².